The molecule has 10 heteroatoms. The minimum atomic E-state index is -4.63. The minimum Gasteiger partial charge on any atom is -0.493 e. The molecule has 1 aromatic carbocycles. The number of hydrogen-bond acceptors (Lipinski definition) is 6. The molecule has 0 heterocycles. The third kappa shape index (κ3) is 8.84. The van der Waals surface area contributed by atoms with Crippen molar-refractivity contribution in [2.24, 2.45) is 0 Å². The van der Waals surface area contributed by atoms with Gasteiger partial charge in [0.2, 0.25) is 5.91 Å². The van der Waals surface area contributed by atoms with Crippen LogP contribution >= 0.6 is 0 Å². The summed E-state index contributed by atoms with van der Waals surface area (Å²) >= 11 is 0. The molecule has 0 aliphatic heterocycles. The van der Waals surface area contributed by atoms with Crippen LogP contribution in [0.2, 0.25) is 0 Å². The van der Waals surface area contributed by atoms with E-state index < -0.39 is 31.1 Å². The molecular weight excluding hydrogens is 395 g/mol. The molecule has 0 N–H and O–H groups in total. The van der Waals surface area contributed by atoms with Gasteiger partial charge in [-0.15, -0.1) is 0 Å². The Balaban J connectivity index is 2.62. The van der Waals surface area contributed by atoms with E-state index in [1.54, 1.807) is 6.07 Å². The van der Waals surface area contributed by atoms with Gasteiger partial charge in [-0.25, -0.2) is 0 Å². The van der Waals surface area contributed by atoms with Crippen molar-refractivity contribution in [3.63, 3.8) is 0 Å². The van der Waals surface area contributed by atoms with Crippen molar-refractivity contribution in [2.75, 3.05) is 33.4 Å². The third-order valence-corrected chi connectivity index (χ3v) is 3.71. The fraction of sp³-hybridized carbons (Fsp3) is 0.526. The van der Waals surface area contributed by atoms with Crippen LogP contribution in [0, 0.1) is 0 Å². The Labute approximate surface area is 166 Å². The number of methoxy groups -OCH3 is 1. The van der Waals surface area contributed by atoms with Gasteiger partial charge in [0.1, 0.15) is 13.1 Å². The number of rotatable bonds is 11. The lowest BCUT2D eigenvalue weighted by atomic mass is 10.1. The number of nitrogens with zero attached hydrogens (tertiary/aromatic N) is 1. The van der Waals surface area contributed by atoms with Crippen LogP contribution in [0.3, 0.4) is 0 Å². The molecule has 0 fully saturated rings. The maximum atomic E-state index is 12.7. The molecule has 0 unspecified atom stereocenters. The van der Waals surface area contributed by atoms with E-state index in [0.717, 1.165) is 0 Å². The zero-order valence-electron chi connectivity index (χ0n) is 16.5. The first kappa shape index (κ1) is 24.3. The smallest absolute Gasteiger partial charge is 0.406 e. The van der Waals surface area contributed by atoms with Gasteiger partial charge in [-0.1, -0.05) is 0 Å². The molecule has 0 aliphatic carbocycles. The summed E-state index contributed by atoms with van der Waals surface area (Å²) in [6.45, 7) is 0.650. The summed E-state index contributed by atoms with van der Waals surface area (Å²) in [5, 5.41) is 0. The Morgan fingerprint density at radius 3 is 2.38 bits per heavy atom. The lowest BCUT2D eigenvalue weighted by molar-refractivity contribution is -0.167. The van der Waals surface area contributed by atoms with Crippen molar-refractivity contribution >= 4 is 17.7 Å². The zero-order valence-corrected chi connectivity index (χ0v) is 16.5. The topological polar surface area (TPSA) is 82.1 Å². The van der Waals surface area contributed by atoms with Gasteiger partial charge in [0.15, 0.2) is 17.3 Å². The second-order valence-corrected chi connectivity index (χ2v) is 6.04. The predicted octanol–water partition coefficient (Wildman–Crippen LogP) is 3.01. The largest absolute Gasteiger partial charge is 0.493 e. The predicted molar refractivity (Wildman–Crippen MR) is 97.0 cm³/mol. The number of amides is 1. The van der Waals surface area contributed by atoms with Crippen molar-refractivity contribution in [1.82, 2.24) is 4.90 Å². The molecule has 0 saturated carbocycles. The van der Waals surface area contributed by atoms with E-state index in [4.69, 9.17) is 9.47 Å². The number of hydrogen-bond donors (Lipinski definition) is 0. The summed E-state index contributed by atoms with van der Waals surface area (Å²) in [7, 11) is 1.40. The van der Waals surface area contributed by atoms with Gasteiger partial charge in [-0.3, -0.25) is 14.4 Å². The van der Waals surface area contributed by atoms with Crippen LogP contribution in [-0.4, -0.2) is 62.1 Å². The van der Waals surface area contributed by atoms with E-state index in [1.807, 2.05) is 0 Å². The number of esters is 1. The molecule has 162 valence electrons. The van der Waals surface area contributed by atoms with Gasteiger partial charge in [0, 0.05) is 12.0 Å². The first-order chi connectivity index (χ1) is 13.6. The average Bonchev–Trinajstić information content (AvgIpc) is 2.63. The molecule has 0 saturated heterocycles. The van der Waals surface area contributed by atoms with E-state index in [-0.39, 0.29) is 31.8 Å². The van der Waals surface area contributed by atoms with E-state index in [1.165, 1.54) is 33.1 Å². The standard InChI is InChI=1S/C19H24F3NO6/c1-4-28-18(26)11-23(12-19(20,21)22)17(25)6-5-9-29-15-8-7-14(13(2)24)10-16(15)27-3/h7-8,10H,4-6,9,11-12H2,1-3H3. The molecule has 29 heavy (non-hydrogen) atoms. The minimum absolute atomic E-state index is 0.00493. The number of carbonyl (C=O) groups excluding carboxylic acids is 3. The van der Waals surface area contributed by atoms with E-state index >= 15 is 0 Å². The molecule has 0 aliphatic rings. The van der Waals surface area contributed by atoms with Crippen LogP contribution in [0.15, 0.2) is 18.2 Å². The molecule has 1 aromatic rings. The third-order valence-electron chi connectivity index (χ3n) is 3.71. The van der Waals surface area contributed by atoms with Crippen LogP contribution in [0.4, 0.5) is 13.2 Å². The van der Waals surface area contributed by atoms with Crippen molar-refractivity contribution in [3.05, 3.63) is 23.8 Å². The summed E-state index contributed by atoms with van der Waals surface area (Å²) in [6.07, 6.45) is -4.76. The summed E-state index contributed by atoms with van der Waals surface area (Å²) < 4.78 is 53.3. The molecule has 0 aromatic heterocycles. The molecule has 1 amide bonds. The molecule has 0 radical (unpaired) electrons. The van der Waals surface area contributed by atoms with Crippen molar-refractivity contribution in [3.8, 4) is 11.5 Å². The highest BCUT2D eigenvalue weighted by atomic mass is 19.4. The first-order valence-electron chi connectivity index (χ1n) is 8.89. The van der Waals surface area contributed by atoms with Crippen LogP contribution in [0.25, 0.3) is 0 Å². The van der Waals surface area contributed by atoms with Gasteiger partial charge < -0.3 is 19.1 Å². The second-order valence-electron chi connectivity index (χ2n) is 6.04. The number of carbonyl (C=O) groups is 3. The average molecular weight is 419 g/mol. The number of Topliss-reactive ketones (excluding diaryl/α,β-unsaturated/α-hetero) is 1. The van der Waals surface area contributed by atoms with Gasteiger partial charge >= 0.3 is 12.1 Å². The maximum Gasteiger partial charge on any atom is 0.406 e. The SMILES string of the molecule is CCOC(=O)CN(CC(F)(F)F)C(=O)CCCOc1ccc(C(C)=O)cc1OC. The lowest BCUT2D eigenvalue weighted by Gasteiger charge is -2.23. The van der Waals surface area contributed by atoms with Crippen LogP contribution in [-0.2, 0) is 14.3 Å². The van der Waals surface area contributed by atoms with Crippen molar-refractivity contribution in [2.45, 2.75) is 32.9 Å². The second kappa shape index (κ2) is 11.3. The van der Waals surface area contributed by atoms with Crippen molar-refractivity contribution < 1.29 is 41.8 Å². The van der Waals surface area contributed by atoms with E-state index in [0.29, 0.717) is 22.0 Å². The molecule has 0 bridgehead atoms. The number of benzene rings is 1. The number of halogens is 3. The monoisotopic (exact) mass is 419 g/mol. The summed E-state index contributed by atoms with van der Waals surface area (Å²) in [4.78, 5) is 35.4. The lowest BCUT2D eigenvalue weighted by Crippen LogP contribution is -2.42. The Morgan fingerprint density at radius 2 is 1.83 bits per heavy atom. The Hall–Kier alpha value is -2.78. The molecular formula is C19H24F3NO6. The highest BCUT2D eigenvalue weighted by Crippen LogP contribution is 2.28. The summed E-state index contributed by atoms with van der Waals surface area (Å²) in [6, 6.07) is 4.59. The quantitative estimate of drug-likeness (QED) is 0.312. The Bertz CT molecular complexity index is 720. The van der Waals surface area contributed by atoms with Crippen LogP contribution in [0.1, 0.15) is 37.0 Å². The van der Waals surface area contributed by atoms with Gasteiger partial charge in [-0.05, 0) is 38.5 Å². The van der Waals surface area contributed by atoms with Crippen LogP contribution in [0.5, 0.6) is 11.5 Å². The first-order valence-corrected chi connectivity index (χ1v) is 8.89. The number of ketones is 1. The molecule has 0 spiro atoms. The van der Waals surface area contributed by atoms with Gasteiger partial charge in [0.05, 0.1) is 20.3 Å². The Kier molecular flexibility index (Phi) is 9.43. The highest BCUT2D eigenvalue weighted by molar-refractivity contribution is 5.94. The van der Waals surface area contributed by atoms with E-state index in [9.17, 15) is 27.6 Å². The zero-order chi connectivity index (χ0) is 22.0. The fourth-order valence-corrected chi connectivity index (χ4v) is 2.38. The number of alkyl halides is 3. The number of ether oxygens (including phenoxy) is 3. The Morgan fingerprint density at radius 1 is 1.14 bits per heavy atom. The molecule has 7 nitrogen and oxygen atoms in total. The van der Waals surface area contributed by atoms with E-state index in [2.05, 4.69) is 4.74 Å². The molecule has 0 atom stereocenters. The highest BCUT2D eigenvalue weighted by Gasteiger charge is 2.34. The molecule has 1 rings (SSSR count). The summed E-state index contributed by atoms with van der Waals surface area (Å²) in [5.74, 6) is -1.23. The van der Waals surface area contributed by atoms with Crippen molar-refractivity contribution in [1.29, 1.82) is 0 Å². The summed E-state index contributed by atoms with van der Waals surface area (Å²) in [5.41, 5.74) is 0.436. The van der Waals surface area contributed by atoms with Crippen LogP contribution < -0.4 is 9.47 Å². The maximum absolute atomic E-state index is 12.7. The fourth-order valence-electron chi connectivity index (χ4n) is 2.38. The normalized spacial score (nSPS) is 11.0. The van der Waals surface area contributed by atoms with Gasteiger partial charge in [0.25, 0.3) is 0 Å². The van der Waals surface area contributed by atoms with Gasteiger partial charge in [-0.2, -0.15) is 13.2 Å².